The van der Waals surface area contributed by atoms with Gasteiger partial charge in [0, 0.05) is 38.1 Å². The Kier molecular flexibility index (Phi) is 25.1. The third kappa shape index (κ3) is 24.3. The molecule has 0 aromatic carbocycles. The van der Waals surface area contributed by atoms with E-state index in [1.165, 1.54) is 58.3 Å². The van der Waals surface area contributed by atoms with E-state index in [0.717, 1.165) is 51.4 Å². The lowest BCUT2D eigenvalue weighted by Gasteiger charge is -2.28. The number of carbonyl (C=O) groups is 7. The maximum atomic E-state index is 12.8. The van der Waals surface area contributed by atoms with E-state index in [9.17, 15) is 43.8 Å². The van der Waals surface area contributed by atoms with Crippen molar-refractivity contribution in [2.45, 2.75) is 180 Å². The van der Waals surface area contributed by atoms with E-state index in [1.54, 1.807) is 0 Å². The molecule has 0 aromatic heterocycles. The van der Waals surface area contributed by atoms with Crippen molar-refractivity contribution in [3.05, 3.63) is 0 Å². The number of amides is 3. The molecule has 6 N–H and O–H groups in total. The standard InChI is InChI=1S/C38H65N3O10/c1-28(42)21-26-32(38(50)51)40-34(44)19-16-17-31(37(48)49)41-36(47)30-24-22-29(23-25-30)27-39-33(43)18-14-12-10-8-6-4-2-3-5-7-9-11-13-15-20-35(45)46/h29-32H,2-27H2,1H3,(H,39,43)(H,40,44)(H,41,47)(H,45,46)(H,48,49)(H,50,51)/t29?,30?,31-,32-/m0/s1. The van der Waals surface area contributed by atoms with E-state index in [1.807, 2.05) is 0 Å². The van der Waals surface area contributed by atoms with Crippen molar-refractivity contribution in [1.29, 1.82) is 0 Å². The quantitative estimate of drug-likeness (QED) is 0.0465. The number of carboxylic acid groups (broad SMARTS) is 3. The highest BCUT2D eigenvalue weighted by Gasteiger charge is 2.30. The lowest BCUT2D eigenvalue weighted by molar-refractivity contribution is -0.143. The largest absolute Gasteiger partial charge is 0.481 e. The van der Waals surface area contributed by atoms with Gasteiger partial charge in [-0.25, -0.2) is 9.59 Å². The van der Waals surface area contributed by atoms with Gasteiger partial charge in [-0.15, -0.1) is 0 Å². The molecule has 0 unspecified atom stereocenters. The molecule has 1 aliphatic carbocycles. The van der Waals surface area contributed by atoms with E-state index in [2.05, 4.69) is 16.0 Å². The molecule has 3 amide bonds. The highest BCUT2D eigenvalue weighted by Crippen LogP contribution is 2.29. The summed E-state index contributed by atoms with van der Waals surface area (Å²) >= 11 is 0. The van der Waals surface area contributed by atoms with Gasteiger partial charge in [0.15, 0.2) is 0 Å². The summed E-state index contributed by atoms with van der Waals surface area (Å²) in [7, 11) is 0. The number of carboxylic acids is 3. The van der Waals surface area contributed by atoms with Crippen LogP contribution in [-0.4, -0.2) is 75.4 Å². The molecule has 1 fully saturated rings. The van der Waals surface area contributed by atoms with Gasteiger partial charge in [0.25, 0.3) is 0 Å². The molecule has 0 saturated heterocycles. The highest BCUT2D eigenvalue weighted by molar-refractivity contribution is 5.86. The summed E-state index contributed by atoms with van der Waals surface area (Å²) < 4.78 is 0. The molecule has 2 atom stereocenters. The van der Waals surface area contributed by atoms with Crippen LogP contribution in [0.5, 0.6) is 0 Å². The van der Waals surface area contributed by atoms with Crippen LogP contribution in [0, 0.1) is 11.8 Å². The lowest BCUT2D eigenvalue weighted by Crippen LogP contribution is -2.45. The summed E-state index contributed by atoms with van der Waals surface area (Å²) in [5.74, 6) is -4.20. The fraction of sp³-hybridized carbons (Fsp3) is 0.816. The van der Waals surface area contributed by atoms with Crippen LogP contribution < -0.4 is 16.0 Å². The van der Waals surface area contributed by atoms with E-state index in [4.69, 9.17) is 5.11 Å². The molecule has 0 bridgehead atoms. The van der Waals surface area contributed by atoms with Gasteiger partial charge in [-0.05, 0) is 70.6 Å². The van der Waals surface area contributed by atoms with Crippen molar-refractivity contribution in [3.63, 3.8) is 0 Å². The number of nitrogens with one attached hydrogen (secondary N) is 3. The summed E-state index contributed by atoms with van der Waals surface area (Å²) in [5, 5.41) is 35.5. The Bertz CT molecular complexity index is 1070. The molecule has 1 rings (SSSR count). The maximum absolute atomic E-state index is 12.8. The first-order valence-electron chi connectivity index (χ1n) is 19.4. The number of hydrogen-bond acceptors (Lipinski definition) is 7. The SMILES string of the molecule is CC(=O)CC[C@H](NC(=O)CCC[C@H](NC(=O)C1CCC(CNC(=O)CCCCCCCCCCCCCCCCC(=O)O)CC1)C(=O)O)C(=O)O. The van der Waals surface area contributed by atoms with Crippen LogP contribution in [0.25, 0.3) is 0 Å². The number of carbonyl (C=O) groups excluding carboxylic acids is 4. The van der Waals surface area contributed by atoms with E-state index in [-0.39, 0.29) is 68.0 Å². The Morgan fingerprint density at radius 2 is 0.980 bits per heavy atom. The fourth-order valence-electron chi connectivity index (χ4n) is 6.54. The number of rotatable bonds is 31. The smallest absolute Gasteiger partial charge is 0.326 e. The predicted molar refractivity (Wildman–Crippen MR) is 193 cm³/mol. The average Bonchev–Trinajstić information content (AvgIpc) is 3.08. The molecule has 51 heavy (non-hydrogen) atoms. The normalized spacial score (nSPS) is 16.8. The zero-order chi connectivity index (χ0) is 37.9. The fourth-order valence-corrected chi connectivity index (χ4v) is 6.54. The average molecular weight is 724 g/mol. The topological polar surface area (TPSA) is 216 Å². The van der Waals surface area contributed by atoms with E-state index >= 15 is 0 Å². The first kappa shape index (κ1) is 45.5. The van der Waals surface area contributed by atoms with E-state index in [0.29, 0.717) is 25.8 Å². The Hall–Kier alpha value is -3.51. The summed E-state index contributed by atoms with van der Waals surface area (Å²) in [5.41, 5.74) is 0. The van der Waals surface area contributed by atoms with Crippen LogP contribution in [0.4, 0.5) is 0 Å². The van der Waals surface area contributed by atoms with Crippen molar-refractivity contribution in [3.8, 4) is 0 Å². The van der Waals surface area contributed by atoms with Gasteiger partial charge in [-0.2, -0.15) is 0 Å². The Morgan fingerprint density at radius 1 is 0.529 bits per heavy atom. The Balaban J connectivity index is 2.11. The number of aliphatic carboxylic acids is 3. The van der Waals surface area contributed by atoms with E-state index < -0.39 is 35.9 Å². The van der Waals surface area contributed by atoms with Gasteiger partial charge in [-0.1, -0.05) is 77.0 Å². The van der Waals surface area contributed by atoms with Crippen LogP contribution in [-0.2, 0) is 33.6 Å². The Labute approximate surface area is 303 Å². The number of unbranched alkanes of at least 4 members (excludes halogenated alkanes) is 13. The van der Waals surface area contributed by atoms with Gasteiger partial charge in [0.1, 0.15) is 17.9 Å². The molecular formula is C38H65N3O10. The first-order chi connectivity index (χ1) is 24.4. The van der Waals surface area contributed by atoms with Crippen LogP contribution in [0.15, 0.2) is 0 Å². The van der Waals surface area contributed by atoms with Gasteiger partial charge in [-0.3, -0.25) is 19.2 Å². The van der Waals surface area contributed by atoms with Crippen LogP contribution in [0.2, 0.25) is 0 Å². The Morgan fingerprint density at radius 3 is 1.45 bits per heavy atom. The van der Waals surface area contributed by atoms with Crippen molar-refractivity contribution in [2.75, 3.05) is 6.54 Å². The molecule has 292 valence electrons. The monoisotopic (exact) mass is 723 g/mol. The van der Waals surface area contributed by atoms with Gasteiger partial charge in [0.05, 0.1) is 0 Å². The molecule has 0 aromatic rings. The minimum atomic E-state index is -1.25. The summed E-state index contributed by atoms with van der Waals surface area (Å²) in [6.45, 7) is 1.92. The number of hydrogen-bond donors (Lipinski definition) is 6. The second kappa shape index (κ2) is 28.1. The maximum Gasteiger partial charge on any atom is 0.326 e. The molecule has 0 aliphatic heterocycles. The first-order valence-corrected chi connectivity index (χ1v) is 19.4. The molecule has 1 saturated carbocycles. The van der Waals surface area contributed by atoms with Crippen LogP contribution >= 0.6 is 0 Å². The second-order valence-electron chi connectivity index (χ2n) is 14.4. The third-order valence-corrected chi connectivity index (χ3v) is 9.78. The van der Waals surface area contributed by atoms with Crippen LogP contribution in [0.3, 0.4) is 0 Å². The lowest BCUT2D eigenvalue weighted by atomic mass is 9.81. The van der Waals surface area contributed by atoms with Crippen molar-refractivity contribution >= 4 is 41.4 Å². The minimum Gasteiger partial charge on any atom is -0.481 e. The van der Waals surface area contributed by atoms with Crippen LogP contribution in [0.1, 0.15) is 167 Å². The minimum absolute atomic E-state index is 0.0167. The summed E-state index contributed by atoms with van der Waals surface area (Å²) in [4.78, 5) is 82.1. The van der Waals surface area contributed by atoms with Crippen molar-refractivity contribution in [1.82, 2.24) is 16.0 Å². The summed E-state index contributed by atoms with van der Waals surface area (Å²) in [6, 6.07) is -2.36. The third-order valence-electron chi connectivity index (χ3n) is 9.78. The number of Topliss-reactive ketones (excluding diaryl/α,β-unsaturated/α-hetero) is 1. The van der Waals surface area contributed by atoms with Gasteiger partial charge >= 0.3 is 17.9 Å². The predicted octanol–water partition coefficient (Wildman–Crippen LogP) is 5.91. The van der Waals surface area contributed by atoms with Crippen molar-refractivity contribution < 1.29 is 48.9 Å². The molecule has 13 heteroatoms. The molecule has 0 heterocycles. The van der Waals surface area contributed by atoms with Crippen molar-refractivity contribution in [2.24, 2.45) is 11.8 Å². The van der Waals surface area contributed by atoms with Gasteiger partial charge in [0.2, 0.25) is 17.7 Å². The molecule has 0 radical (unpaired) electrons. The zero-order valence-electron chi connectivity index (χ0n) is 30.9. The molecule has 0 spiro atoms. The zero-order valence-corrected chi connectivity index (χ0v) is 30.9. The molecule has 1 aliphatic rings. The molecule has 13 nitrogen and oxygen atoms in total. The highest BCUT2D eigenvalue weighted by atomic mass is 16.4. The van der Waals surface area contributed by atoms with Gasteiger partial charge < -0.3 is 36.1 Å². The summed E-state index contributed by atoms with van der Waals surface area (Å²) in [6.07, 6.45) is 19.5. The number of ketones is 1. The molecular weight excluding hydrogens is 658 g/mol. The second-order valence-corrected chi connectivity index (χ2v) is 14.4.